The molecule has 2 aromatic carbocycles. The summed E-state index contributed by atoms with van der Waals surface area (Å²) < 4.78 is 16.5. The number of hydrogen-bond acceptors (Lipinski definition) is 3. The molecule has 1 aromatic heterocycles. The molecule has 32 heavy (non-hydrogen) atoms. The number of carbonyl (C=O) groups excluding carboxylic acids is 2. The molecule has 0 bridgehead atoms. The monoisotopic (exact) mass is 447 g/mol. The Labute approximate surface area is 191 Å². The molecule has 7 heteroatoms. The van der Waals surface area contributed by atoms with Gasteiger partial charge in [-0.3, -0.25) is 14.9 Å². The standard InChI is InChI=1S/C25H22FN3O2S/c1-14-8-7-9-15(2)22(14)28-16(3)12-18(17(28)4)13-19-23(30)27-25(32)29(24(19)31)21-11-6-5-10-20(21)26/h5-13H,1-4H3,(H,27,30,32). The van der Waals surface area contributed by atoms with Crippen LogP contribution in [0.15, 0.2) is 54.1 Å². The molecule has 3 aromatic rings. The van der Waals surface area contributed by atoms with Crippen LogP contribution < -0.4 is 10.2 Å². The van der Waals surface area contributed by atoms with E-state index < -0.39 is 17.6 Å². The molecule has 1 aliphatic heterocycles. The lowest BCUT2D eigenvalue weighted by molar-refractivity contribution is -0.122. The van der Waals surface area contributed by atoms with Crippen LogP contribution in [0.3, 0.4) is 0 Å². The predicted octanol–water partition coefficient (Wildman–Crippen LogP) is 4.68. The van der Waals surface area contributed by atoms with Crippen molar-refractivity contribution in [1.29, 1.82) is 0 Å². The molecule has 5 nitrogen and oxygen atoms in total. The molecule has 162 valence electrons. The first-order valence-electron chi connectivity index (χ1n) is 10.1. The van der Waals surface area contributed by atoms with Crippen molar-refractivity contribution in [3.63, 3.8) is 0 Å². The minimum atomic E-state index is -0.666. The first-order valence-corrected chi connectivity index (χ1v) is 10.5. The Morgan fingerprint density at radius 2 is 1.62 bits per heavy atom. The number of aromatic nitrogens is 1. The van der Waals surface area contributed by atoms with Gasteiger partial charge in [0.05, 0.1) is 11.4 Å². The lowest BCUT2D eigenvalue weighted by atomic mass is 10.1. The third-order valence-corrected chi connectivity index (χ3v) is 5.91. The van der Waals surface area contributed by atoms with Crippen molar-refractivity contribution in [1.82, 2.24) is 9.88 Å². The molecule has 0 radical (unpaired) electrons. The van der Waals surface area contributed by atoms with Crippen LogP contribution in [0.1, 0.15) is 28.1 Å². The lowest BCUT2D eigenvalue weighted by Gasteiger charge is -2.29. The minimum absolute atomic E-state index is 0.00518. The van der Waals surface area contributed by atoms with Crippen LogP contribution in [0, 0.1) is 33.5 Å². The van der Waals surface area contributed by atoms with Gasteiger partial charge in [0.15, 0.2) is 5.11 Å². The van der Waals surface area contributed by atoms with Crippen LogP contribution in [0.25, 0.3) is 11.8 Å². The van der Waals surface area contributed by atoms with Gasteiger partial charge in [0.1, 0.15) is 11.4 Å². The van der Waals surface area contributed by atoms with Crippen LogP contribution in [0.2, 0.25) is 0 Å². The number of aryl methyl sites for hydroxylation is 3. The fraction of sp³-hybridized carbons (Fsp3) is 0.160. The third-order valence-electron chi connectivity index (χ3n) is 5.63. The van der Waals surface area contributed by atoms with Crippen LogP contribution in [-0.4, -0.2) is 21.5 Å². The number of nitrogens with one attached hydrogen (secondary N) is 1. The molecule has 0 atom stereocenters. The van der Waals surface area contributed by atoms with Gasteiger partial charge in [0.25, 0.3) is 11.8 Å². The summed E-state index contributed by atoms with van der Waals surface area (Å²) in [4.78, 5) is 26.9. The van der Waals surface area contributed by atoms with E-state index in [1.807, 2.05) is 52.0 Å². The van der Waals surface area contributed by atoms with Gasteiger partial charge < -0.3 is 4.57 Å². The highest BCUT2D eigenvalue weighted by atomic mass is 32.1. The van der Waals surface area contributed by atoms with Crippen LogP contribution in [0.4, 0.5) is 10.1 Å². The van der Waals surface area contributed by atoms with Crippen LogP contribution in [0.5, 0.6) is 0 Å². The van der Waals surface area contributed by atoms with E-state index in [4.69, 9.17) is 12.2 Å². The molecule has 0 spiro atoms. The Bertz CT molecular complexity index is 1300. The molecule has 1 fully saturated rings. The van der Waals surface area contributed by atoms with Crippen molar-refractivity contribution in [2.75, 3.05) is 4.90 Å². The van der Waals surface area contributed by atoms with E-state index in [0.717, 1.165) is 38.7 Å². The first kappa shape index (κ1) is 21.6. The van der Waals surface area contributed by atoms with Crippen molar-refractivity contribution < 1.29 is 14.0 Å². The number of para-hydroxylation sites is 2. The number of anilines is 1. The van der Waals surface area contributed by atoms with E-state index >= 15 is 0 Å². The fourth-order valence-corrected chi connectivity index (χ4v) is 4.37. The Morgan fingerprint density at radius 3 is 2.28 bits per heavy atom. The van der Waals surface area contributed by atoms with Gasteiger partial charge in [0.2, 0.25) is 0 Å². The van der Waals surface area contributed by atoms with Gasteiger partial charge in [0, 0.05) is 11.4 Å². The quantitative estimate of drug-likeness (QED) is 0.360. The highest BCUT2D eigenvalue weighted by molar-refractivity contribution is 7.80. The average Bonchev–Trinajstić information content (AvgIpc) is 3.00. The van der Waals surface area contributed by atoms with E-state index in [0.29, 0.717) is 0 Å². The average molecular weight is 448 g/mol. The molecule has 0 unspecified atom stereocenters. The molecule has 0 aliphatic carbocycles. The Morgan fingerprint density at radius 1 is 0.969 bits per heavy atom. The van der Waals surface area contributed by atoms with Gasteiger partial charge in [-0.05, 0) is 80.9 Å². The zero-order valence-corrected chi connectivity index (χ0v) is 19.0. The maximum Gasteiger partial charge on any atom is 0.270 e. The molecular weight excluding hydrogens is 425 g/mol. The zero-order chi connectivity index (χ0) is 23.2. The topological polar surface area (TPSA) is 54.3 Å². The number of hydrogen-bond donors (Lipinski definition) is 1. The van der Waals surface area contributed by atoms with E-state index in [9.17, 15) is 14.0 Å². The first-order chi connectivity index (χ1) is 15.2. The Hall–Kier alpha value is -3.58. The Balaban J connectivity index is 1.82. The molecule has 1 N–H and O–H groups in total. The highest BCUT2D eigenvalue weighted by Crippen LogP contribution is 2.29. The number of thiocarbonyl (C=S) groups is 1. The second-order valence-electron chi connectivity index (χ2n) is 7.81. The van der Waals surface area contributed by atoms with Gasteiger partial charge in [-0.25, -0.2) is 9.29 Å². The number of amides is 2. The van der Waals surface area contributed by atoms with Gasteiger partial charge in [-0.2, -0.15) is 0 Å². The number of halogens is 1. The smallest absolute Gasteiger partial charge is 0.270 e. The second-order valence-corrected chi connectivity index (χ2v) is 8.20. The minimum Gasteiger partial charge on any atom is -0.317 e. The Kier molecular flexibility index (Phi) is 5.52. The van der Waals surface area contributed by atoms with Gasteiger partial charge in [-0.15, -0.1) is 0 Å². The zero-order valence-electron chi connectivity index (χ0n) is 18.2. The van der Waals surface area contributed by atoms with E-state index in [1.165, 1.54) is 18.2 Å². The molecule has 1 saturated heterocycles. The lowest BCUT2D eigenvalue weighted by Crippen LogP contribution is -2.54. The molecule has 4 rings (SSSR count). The molecule has 1 aliphatic rings. The van der Waals surface area contributed by atoms with Gasteiger partial charge in [-0.1, -0.05) is 30.3 Å². The number of nitrogens with zero attached hydrogens (tertiary/aromatic N) is 2. The number of rotatable bonds is 3. The maximum atomic E-state index is 14.4. The second kappa shape index (κ2) is 8.16. The summed E-state index contributed by atoms with van der Waals surface area (Å²) in [6.45, 7) is 8.01. The largest absolute Gasteiger partial charge is 0.317 e. The summed E-state index contributed by atoms with van der Waals surface area (Å²) in [5, 5.41) is 2.35. The van der Waals surface area contributed by atoms with E-state index in [1.54, 1.807) is 12.1 Å². The molecular formula is C25H22FN3O2S. The molecule has 2 heterocycles. The molecule has 0 saturated carbocycles. The summed E-state index contributed by atoms with van der Waals surface area (Å²) in [5.74, 6) is -1.88. The summed E-state index contributed by atoms with van der Waals surface area (Å²) in [6, 6.07) is 13.8. The highest BCUT2D eigenvalue weighted by Gasteiger charge is 2.36. The maximum absolute atomic E-state index is 14.4. The number of carbonyl (C=O) groups is 2. The SMILES string of the molecule is Cc1cccc(C)c1-n1c(C)cc(C=C2C(=O)NC(=S)N(c3ccccc3F)C2=O)c1C. The van der Waals surface area contributed by atoms with Crippen molar-refractivity contribution in [3.05, 3.63) is 88.0 Å². The van der Waals surface area contributed by atoms with Crippen molar-refractivity contribution in [2.24, 2.45) is 0 Å². The van der Waals surface area contributed by atoms with Gasteiger partial charge >= 0.3 is 0 Å². The summed E-state index contributed by atoms with van der Waals surface area (Å²) in [7, 11) is 0. The van der Waals surface area contributed by atoms with Crippen LogP contribution in [-0.2, 0) is 9.59 Å². The van der Waals surface area contributed by atoms with Crippen LogP contribution >= 0.6 is 12.2 Å². The van der Waals surface area contributed by atoms with Crippen molar-refractivity contribution in [3.8, 4) is 5.69 Å². The summed E-state index contributed by atoms with van der Waals surface area (Å²) in [6.07, 6.45) is 1.54. The fourth-order valence-electron chi connectivity index (χ4n) is 4.10. The normalized spacial score (nSPS) is 15.5. The molecule has 2 amide bonds. The number of benzene rings is 2. The summed E-state index contributed by atoms with van der Waals surface area (Å²) in [5.41, 5.74) is 5.78. The van der Waals surface area contributed by atoms with E-state index in [-0.39, 0.29) is 16.4 Å². The van der Waals surface area contributed by atoms with E-state index in [2.05, 4.69) is 9.88 Å². The van der Waals surface area contributed by atoms with Crippen molar-refractivity contribution >= 4 is 40.9 Å². The summed E-state index contributed by atoms with van der Waals surface area (Å²) >= 11 is 5.16. The third kappa shape index (κ3) is 3.54. The predicted molar refractivity (Wildman–Crippen MR) is 127 cm³/mol. The van der Waals surface area contributed by atoms with Crippen molar-refractivity contribution in [2.45, 2.75) is 27.7 Å².